The summed E-state index contributed by atoms with van der Waals surface area (Å²) in [4.78, 5) is 2.72. The van der Waals surface area contributed by atoms with E-state index in [4.69, 9.17) is 0 Å². The molecule has 0 unspecified atom stereocenters. The van der Waals surface area contributed by atoms with Gasteiger partial charge in [0.15, 0.2) is 5.82 Å². The zero-order chi connectivity index (χ0) is 9.35. The van der Waals surface area contributed by atoms with Gasteiger partial charge in [-0.2, -0.15) is 4.39 Å². The molecular formula is C5H2BF5KN. The van der Waals surface area contributed by atoms with E-state index >= 15 is 0 Å². The van der Waals surface area contributed by atoms with Gasteiger partial charge in [-0.15, -0.1) is 0 Å². The van der Waals surface area contributed by atoms with Crippen molar-refractivity contribution in [3.05, 3.63) is 24.0 Å². The van der Waals surface area contributed by atoms with E-state index in [2.05, 4.69) is 4.98 Å². The predicted octanol–water partition coefficient (Wildman–Crippen LogP) is -1.58. The molecule has 0 N–H and O–H groups in total. The molecule has 0 aliphatic heterocycles. The molecule has 0 bridgehead atoms. The fraction of sp³-hybridized carbons (Fsp3) is 0. The Morgan fingerprint density at radius 1 is 1.15 bits per heavy atom. The van der Waals surface area contributed by atoms with Crippen molar-refractivity contribution < 1.29 is 73.1 Å². The molecule has 0 atom stereocenters. The standard InChI is InChI=1S/C5H2BF5N.K/c7-4-3(6(9,10)11)1-2-12-5(4)8;/h1-2H;/q-1;+1. The van der Waals surface area contributed by atoms with Crippen LogP contribution in [0.4, 0.5) is 21.7 Å². The van der Waals surface area contributed by atoms with Crippen LogP contribution in [0.5, 0.6) is 0 Å². The molecule has 0 radical (unpaired) electrons. The molecule has 13 heavy (non-hydrogen) atoms. The van der Waals surface area contributed by atoms with Gasteiger partial charge in [0, 0.05) is 6.20 Å². The smallest absolute Gasteiger partial charge is 0.445 e. The quantitative estimate of drug-likeness (QED) is 0.317. The van der Waals surface area contributed by atoms with Gasteiger partial charge in [-0.05, 0) is 0 Å². The van der Waals surface area contributed by atoms with E-state index in [1.54, 1.807) is 0 Å². The second kappa shape index (κ2) is 4.83. The van der Waals surface area contributed by atoms with E-state index in [1.165, 1.54) is 0 Å². The van der Waals surface area contributed by atoms with Gasteiger partial charge in [-0.1, -0.05) is 11.5 Å². The molecule has 1 rings (SSSR count). The van der Waals surface area contributed by atoms with Crippen molar-refractivity contribution in [3.8, 4) is 0 Å². The van der Waals surface area contributed by atoms with Crippen molar-refractivity contribution in [2.45, 2.75) is 0 Å². The summed E-state index contributed by atoms with van der Waals surface area (Å²) in [5.74, 6) is -3.67. The number of hydrogen-bond acceptors (Lipinski definition) is 1. The first-order valence-electron chi connectivity index (χ1n) is 2.93. The average Bonchev–Trinajstić information content (AvgIpc) is 1.92. The molecule has 1 aromatic rings. The minimum atomic E-state index is -5.50. The van der Waals surface area contributed by atoms with Crippen LogP contribution >= 0.6 is 0 Å². The maximum atomic E-state index is 12.4. The maximum Gasteiger partial charge on any atom is 1.00 e. The second-order valence-corrected chi connectivity index (χ2v) is 2.08. The first kappa shape index (κ1) is 13.5. The summed E-state index contributed by atoms with van der Waals surface area (Å²) < 4.78 is 60.1. The number of rotatable bonds is 1. The van der Waals surface area contributed by atoms with Gasteiger partial charge in [0.1, 0.15) is 0 Å². The van der Waals surface area contributed by atoms with Crippen molar-refractivity contribution in [2.24, 2.45) is 0 Å². The van der Waals surface area contributed by atoms with Crippen LogP contribution in [0.25, 0.3) is 0 Å². The second-order valence-electron chi connectivity index (χ2n) is 2.08. The Labute approximate surface area is 113 Å². The zero-order valence-corrected chi connectivity index (χ0v) is 9.69. The fourth-order valence-electron chi connectivity index (χ4n) is 0.685. The number of pyridine rings is 1. The molecular weight excluding hydrogens is 219 g/mol. The topological polar surface area (TPSA) is 12.9 Å². The first-order chi connectivity index (χ1) is 5.43. The van der Waals surface area contributed by atoms with Crippen LogP contribution in [0.3, 0.4) is 0 Å². The van der Waals surface area contributed by atoms with Gasteiger partial charge in [0.05, 0.1) is 0 Å². The molecule has 0 aliphatic rings. The Morgan fingerprint density at radius 3 is 2.08 bits per heavy atom. The van der Waals surface area contributed by atoms with Crippen LogP contribution in [0, 0.1) is 11.8 Å². The monoisotopic (exact) mass is 221 g/mol. The molecule has 0 saturated heterocycles. The van der Waals surface area contributed by atoms with Crippen molar-refractivity contribution in [1.82, 2.24) is 4.98 Å². The summed E-state index contributed by atoms with van der Waals surface area (Å²) in [5.41, 5.74) is -1.58. The van der Waals surface area contributed by atoms with E-state index in [9.17, 15) is 21.7 Å². The molecule has 0 aliphatic carbocycles. The van der Waals surface area contributed by atoms with Crippen LogP contribution in [-0.4, -0.2) is 12.0 Å². The Hall–Kier alpha value is 0.501. The summed E-state index contributed by atoms with van der Waals surface area (Å²) in [6.07, 6.45) is 0.572. The number of hydrogen-bond donors (Lipinski definition) is 0. The molecule has 0 amide bonds. The summed E-state index contributed by atoms with van der Waals surface area (Å²) in [7, 11) is 0. The molecule has 66 valence electrons. The van der Waals surface area contributed by atoms with Gasteiger partial charge in [-0.3, -0.25) is 0 Å². The predicted molar refractivity (Wildman–Crippen MR) is 32.9 cm³/mol. The van der Waals surface area contributed by atoms with Gasteiger partial charge < -0.3 is 12.9 Å². The molecule has 1 heterocycles. The largest absolute Gasteiger partial charge is 1.00 e. The molecule has 1 aromatic heterocycles. The van der Waals surface area contributed by atoms with E-state index in [1.807, 2.05) is 0 Å². The summed E-state index contributed by atoms with van der Waals surface area (Å²) >= 11 is 0. The SMILES string of the molecule is Fc1nccc([B-](F)(F)F)c1F.[K+]. The molecule has 1 nitrogen and oxygen atoms in total. The van der Waals surface area contributed by atoms with Crippen molar-refractivity contribution in [3.63, 3.8) is 0 Å². The summed E-state index contributed by atoms with van der Waals surface area (Å²) in [5, 5.41) is 0. The normalized spacial score (nSPS) is 10.8. The van der Waals surface area contributed by atoms with Crippen molar-refractivity contribution in [1.29, 1.82) is 0 Å². The van der Waals surface area contributed by atoms with Gasteiger partial charge in [0.2, 0.25) is 5.95 Å². The number of aromatic nitrogens is 1. The van der Waals surface area contributed by atoms with Gasteiger partial charge in [0.25, 0.3) is 0 Å². The Bertz CT molecular complexity index is 301. The zero-order valence-electron chi connectivity index (χ0n) is 6.57. The third-order valence-electron chi connectivity index (χ3n) is 1.23. The third-order valence-corrected chi connectivity index (χ3v) is 1.23. The molecule has 0 fully saturated rings. The minimum absolute atomic E-state index is 0. The van der Waals surface area contributed by atoms with E-state index in [-0.39, 0.29) is 51.4 Å². The maximum absolute atomic E-state index is 12.4. The Kier molecular flexibility index (Phi) is 5.02. The number of halogens is 5. The third kappa shape index (κ3) is 3.28. The molecule has 0 aromatic carbocycles. The van der Waals surface area contributed by atoms with E-state index in [0.29, 0.717) is 12.3 Å². The summed E-state index contributed by atoms with van der Waals surface area (Å²) in [6, 6.07) is 0.401. The first-order valence-corrected chi connectivity index (χ1v) is 2.93. The Morgan fingerprint density at radius 2 is 1.69 bits per heavy atom. The van der Waals surface area contributed by atoms with Crippen LogP contribution in [-0.2, 0) is 0 Å². The van der Waals surface area contributed by atoms with Crippen LogP contribution in [0.15, 0.2) is 12.3 Å². The van der Waals surface area contributed by atoms with E-state index in [0.717, 1.165) is 0 Å². The summed E-state index contributed by atoms with van der Waals surface area (Å²) in [6.45, 7) is -5.50. The van der Waals surface area contributed by atoms with E-state index < -0.39 is 24.2 Å². The van der Waals surface area contributed by atoms with Gasteiger partial charge in [-0.25, -0.2) is 9.37 Å². The van der Waals surface area contributed by atoms with Crippen molar-refractivity contribution >= 4 is 12.4 Å². The van der Waals surface area contributed by atoms with Crippen molar-refractivity contribution in [2.75, 3.05) is 0 Å². The molecule has 8 heteroatoms. The molecule has 0 spiro atoms. The van der Waals surface area contributed by atoms with Crippen LogP contribution < -0.4 is 56.8 Å². The Balaban J connectivity index is 0.00000144. The van der Waals surface area contributed by atoms with Crippen LogP contribution in [0.1, 0.15) is 0 Å². The van der Waals surface area contributed by atoms with Crippen LogP contribution in [0.2, 0.25) is 0 Å². The molecule has 0 saturated carbocycles. The minimum Gasteiger partial charge on any atom is -0.445 e. The fourth-order valence-corrected chi connectivity index (χ4v) is 0.685. The van der Waals surface area contributed by atoms with Gasteiger partial charge >= 0.3 is 58.4 Å². The number of nitrogens with zero attached hydrogens (tertiary/aromatic N) is 1. The average molecular weight is 221 g/mol.